The molecule has 1 aromatic heterocycles. The number of nitrogens with zero attached hydrogens (tertiary/aromatic N) is 3. The maximum Gasteiger partial charge on any atom is 0.185 e. The van der Waals surface area contributed by atoms with Gasteiger partial charge >= 0.3 is 0 Å². The standard InChI is InChI=1S/C15H28N4S/c1-4-7-16-10-14-11-17-15(20-14)19(3)12-13-5-8-18(2)9-6-13/h11,13,16H,4-10,12H2,1-3H3. The fraction of sp³-hybridized carbons (Fsp3) is 0.800. The highest BCUT2D eigenvalue weighted by molar-refractivity contribution is 7.15. The molecule has 0 bridgehead atoms. The van der Waals surface area contributed by atoms with Crippen molar-refractivity contribution in [2.24, 2.45) is 5.92 Å². The summed E-state index contributed by atoms with van der Waals surface area (Å²) in [7, 11) is 4.40. The SMILES string of the molecule is CCCNCc1cnc(N(C)CC2CCN(C)CC2)s1. The zero-order valence-corrected chi connectivity index (χ0v) is 13.9. The molecule has 0 saturated carbocycles. The fourth-order valence-corrected chi connectivity index (χ4v) is 3.50. The van der Waals surface area contributed by atoms with Gasteiger partial charge in [-0.2, -0.15) is 0 Å². The average Bonchev–Trinajstić information content (AvgIpc) is 2.91. The predicted molar refractivity (Wildman–Crippen MR) is 87.6 cm³/mol. The lowest BCUT2D eigenvalue weighted by Crippen LogP contribution is -2.35. The first-order chi connectivity index (χ1) is 9.69. The molecule has 4 nitrogen and oxygen atoms in total. The summed E-state index contributed by atoms with van der Waals surface area (Å²) < 4.78 is 0. The first-order valence-electron chi connectivity index (χ1n) is 7.74. The van der Waals surface area contributed by atoms with Crippen molar-refractivity contribution < 1.29 is 0 Å². The van der Waals surface area contributed by atoms with E-state index in [1.165, 1.54) is 37.2 Å². The summed E-state index contributed by atoms with van der Waals surface area (Å²) in [5.41, 5.74) is 0. The maximum absolute atomic E-state index is 4.57. The Hall–Kier alpha value is -0.650. The number of anilines is 1. The van der Waals surface area contributed by atoms with E-state index in [2.05, 4.69) is 41.1 Å². The van der Waals surface area contributed by atoms with Crippen LogP contribution < -0.4 is 10.2 Å². The van der Waals surface area contributed by atoms with Gasteiger partial charge in [-0.15, -0.1) is 11.3 Å². The molecule has 0 unspecified atom stereocenters. The van der Waals surface area contributed by atoms with Gasteiger partial charge in [-0.3, -0.25) is 0 Å². The zero-order chi connectivity index (χ0) is 14.4. The number of thiazole rings is 1. The van der Waals surface area contributed by atoms with Gasteiger partial charge in [-0.1, -0.05) is 6.92 Å². The Kier molecular flexibility index (Phi) is 6.26. The average molecular weight is 296 g/mol. The van der Waals surface area contributed by atoms with Crippen molar-refractivity contribution in [3.63, 3.8) is 0 Å². The minimum Gasteiger partial charge on any atom is -0.351 e. The van der Waals surface area contributed by atoms with Gasteiger partial charge in [0, 0.05) is 31.2 Å². The number of aromatic nitrogens is 1. The molecule has 1 N–H and O–H groups in total. The molecule has 0 aromatic carbocycles. The second kappa shape index (κ2) is 7.96. The molecule has 1 fully saturated rings. The van der Waals surface area contributed by atoms with Gasteiger partial charge in [0.25, 0.3) is 0 Å². The zero-order valence-electron chi connectivity index (χ0n) is 13.1. The van der Waals surface area contributed by atoms with Crippen molar-refractivity contribution in [2.75, 3.05) is 45.2 Å². The summed E-state index contributed by atoms with van der Waals surface area (Å²) in [6.45, 7) is 7.85. The van der Waals surface area contributed by atoms with Crippen LogP contribution in [0.1, 0.15) is 31.1 Å². The molecular formula is C15H28N4S. The lowest BCUT2D eigenvalue weighted by Gasteiger charge is -2.31. The van der Waals surface area contributed by atoms with Crippen LogP contribution in [0.15, 0.2) is 6.20 Å². The van der Waals surface area contributed by atoms with Crippen LogP contribution in [0.25, 0.3) is 0 Å². The summed E-state index contributed by atoms with van der Waals surface area (Å²) in [6.07, 6.45) is 5.84. The monoisotopic (exact) mass is 296 g/mol. The van der Waals surface area contributed by atoms with E-state index < -0.39 is 0 Å². The van der Waals surface area contributed by atoms with Gasteiger partial charge < -0.3 is 15.1 Å². The van der Waals surface area contributed by atoms with E-state index in [1.807, 2.05) is 17.5 Å². The summed E-state index contributed by atoms with van der Waals surface area (Å²) in [6, 6.07) is 0. The quantitative estimate of drug-likeness (QED) is 0.783. The van der Waals surface area contributed by atoms with E-state index in [0.717, 1.165) is 30.7 Å². The molecule has 0 spiro atoms. The van der Waals surface area contributed by atoms with Crippen LogP contribution in [0.2, 0.25) is 0 Å². The van der Waals surface area contributed by atoms with Crippen molar-refractivity contribution >= 4 is 16.5 Å². The molecular weight excluding hydrogens is 268 g/mol. The van der Waals surface area contributed by atoms with E-state index in [4.69, 9.17) is 0 Å². The van der Waals surface area contributed by atoms with Crippen LogP contribution in [-0.2, 0) is 6.54 Å². The third-order valence-corrected chi connectivity index (χ3v) is 5.08. The van der Waals surface area contributed by atoms with Crippen molar-refractivity contribution in [1.29, 1.82) is 0 Å². The van der Waals surface area contributed by atoms with E-state index in [1.54, 1.807) is 0 Å². The molecule has 0 amide bonds. The summed E-state index contributed by atoms with van der Waals surface area (Å²) in [5, 5.41) is 4.60. The smallest absolute Gasteiger partial charge is 0.185 e. The van der Waals surface area contributed by atoms with Crippen LogP contribution in [0, 0.1) is 5.92 Å². The highest BCUT2D eigenvalue weighted by Crippen LogP contribution is 2.24. The predicted octanol–water partition coefficient (Wildman–Crippen LogP) is 2.42. The first-order valence-corrected chi connectivity index (χ1v) is 8.55. The molecule has 1 aliphatic rings. The van der Waals surface area contributed by atoms with Crippen molar-refractivity contribution in [1.82, 2.24) is 15.2 Å². The van der Waals surface area contributed by atoms with Crippen molar-refractivity contribution in [3.8, 4) is 0 Å². The Morgan fingerprint density at radius 1 is 1.45 bits per heavy atom. The lowest BCUT2D eigenvalue weighted by atomic mass is 9.97. The van der Waals surface area contributed by atoms with E-state index in [-0.39, 0.29) is 0 Å². The molecule has 0 atom stereocenters. The number of piperidine rings is 1. The largest absolute Gasteiger partial charge is 0.351 e. The second-order valence-corrected chi connectivity index (χ2v) is 7.01. The van der Waals surface area contributed by atoms with Crippen LogP contribution in [0.5, 0.6) is 0 Å². The highest BCUT2D eigenvalue weighted by Gasteiger charge is 2.19. The molecule has 1 aromatic rings. The Balaban J connectivity index is 1.78. The summed E-state index contributed by atoms with van der Waals surface area (Å²) in [4.78, 5) is 10.7. The number of likely N-dealkylation sites (tertiary alicyclic amines) is 1. The number of rotatable bonds is 7. The lowest BCUT2D eigenvalue weighted by molar-refractivity contribution is 0.222. The Morgan fingerprint density at radius 3 is 2.90 bits per heavy atom. The number of nitrogens with one attached hydrogen (secondary N) is 1. The Morgan fingerprint density at radius 2 is 2.20 bits per heavy atom. The third-order valence-electron chi connectivity index (χ3n) is 3.96. The second-order valence-electron chi connectivity index (χ2n) is 5.91. The highest BCUT2D eigenvalue weighted by atomic mass is 32.1. The van der Waals surface area contributed by atoms with E-state index in [0.29, 0.717) is 0 Å². The minimum absolute atomic E-state index is 0.821. The molecule has 2 rings (SSSR count). The van der Waals surface area contributed by atoms with Crippen molar-refractivity contribution in [3.05, 3.63) is 11.1 Å². The summed E-state index contributed by atoms with van der Waals surface area (Å²) in [5.74, 6) is 0.821. The normalized spacial score (nSPS) is 17.6. The van der Waals surface area contributed by atoms with E-state index in [9.17, 15) is 0 Å². The van der Waals surface area contributed by atoms with Gasteiger partial charge in [0.15, 0.2) is 5.13 Å². The molecule has 5 heteroatoms. The van der Waals surface area contributed by atoms with Gasteiger partial charge in [0.05, 0.1) is 0 Å². The molecule has 114 valence electrons. The van der Waals surface area contributed by atoms with Gasteiger partial charge in [-0.05, 0) is 51.9 Å². The fourth-order valence-electron chi connectivity index (χ4n) is 2.65. The van der Waals surface area contributed by atoms with Crippen LogP contribution in [0.4, 0.5) is 5.13 Å². The first kappa shape index (κ1) is 15.7. The van der Waals surface area contributed by atoms with Crippen LogP contribution in [-0.4, -0.2) is 50.2 Å². The third kappa shape index (κ3) is 4.72. The number of hydrogen-bond acceptors (Lipinski definition) is 5. The molecule has 0 radical (unpaired) electrons. The van der Waals surface area contributed by atoms with Gasteiger partial charge in [-0.25, -0.2) is 4.98 Å². The molecule has 2 heterocycles. The topological polar surface area (TPSA) is 31.4 Å². The number of hydrogen-bond donors (Lipinski definition) is 1. The van der Waals surface area contributed by atoms with E-state index >= 15 is 0 Å². The Labute approximate surface area is 127 Å². The van der Waals surface area contributed by atoms with Crippen molar-refractivity contribution in [2.45, 2.75) is 32.7 Å². The maximum atomic E-state index is 4.57. The Bertz CT molecular complexity index is 385. The van der Waals surface area contributed by atoms with Gasteiger partial charge in [0.1, 0.15) is 0 Å². The van der Waals surface area contributed by atoms with Crippen LogP contribution in [0.3, 0.4) is 0 Å². The van der Waals surface area contributed by atoms with Crippen LogP contribution >= 0.6 is 11.3 Å². The molecule has 1 aliphatic heterocycles. The van der Waals surface area contributed by atoms with Gasteiger partial charge in [0.2, 0.25) is 0 Å². The minimum atomic E-state index is 0.821. The molecule has 1 saturated heterocycles. The molecule has 20 heavy (non-hydrogen) atoms. The molecule has 0 aliphatic carbocycles. The summed E-state index contributed by atoms with van der Waals surface area (Å²) >= 11 is 1.82.